The molecule has 0 amide bonds. The number of hydrogen-bond acceptors (Lipinski definition) is 2. The van der Waals surface area contributed by atoms with Crippen molar-refractivity contribution in [2.45, 2.75) is 46.7 Å². The molecule has 0 saturated heterocycles. The molecule has 0 aliphatic heterocycles. The lowest BCUT2D eigenvalue weighted by atomic mass is 10.1. The van der Waals surface area contributed by atoms with Gasteiger partial charge in [-0.25, -0.2) is 4.99 Å². The zero-order valence-corrected chi connectivity index (χ0v) is 15.0. The molecule has 0 aliphatic rings. The maximum absolute atomic E-state index is 4.71. The fourth-order valence-corrected chi connectivity index (χ4v) is 2.29. The van der Waals surface area contributed by atoms with Gasteiger partial charge in [-0.15, -0.1) is 0 Å². The first-order valence-corrected chi connectivity index (χ1v) is 8.67. The Morgan fingerprint density at radius 1 is 1.08 bits per heavy atom. The molecular formula is C20H28N4. The molecule has 0 bridgehead atoms. The van der Waals surface area contributed by atoms with Crippen LogP contribution in [0.4, 0.5) is 0 Å². The van der Waals surface area contributed by atoms with Crippen LogP contribution in [0.2, 0.25) is 0 Å². The van der Waals surface area contributed by atoms with E-state index in [0.29, 0.717) is 13.1 Å². The number of benzene rings is 1. The van der Waals surface area contributed by atoms with Gasteiger partial charge in [-0.3, -0.25) is 4.98 Å². The van der Waals surface area contributed by atoms with Crippen molar-refractivity contribution in [3.63, 3.8) is 0 Å². The van der Waals surface area contributed by atoms with E-state index in [4.69, 9.17) is 4.99 Å². The van der Waals surface area contributed by atoms with Crippen molar-refractivity contribution in [1.29, 1.82) is 0 Å². The van der Waals surface area contributed by atoms with E-state index >= 15 is 0 Å². The number of pyridine rings is 1. The average Bonchev–Trinajstić information content (AvgIpc) is 2.59. The van der Waals surface area contributed by atoms with Gasteiger partial charge in [0.25, 0.3) is 0 Å². The molecule has 2 aromatic rings. The first-order valence-electron chi connectivity index (χ1n) is 8.67. The van der Waals surface area contributed by atoms with Crippen LogP contribution in [-0.4, -0.2) is 17.5 Å². The Labute approximate surface area is 145 Å². The number of hydrogen-bond donors (Lipinski definition) is 2. The van der Waals surface area contributed by atoms with E-state index in [0.717, 1.165) is 31.0 Å². The zero-order valence-electron chi connectivity index (χ0n) is 15.0. The number of aliphatic imine (C=N–C) groups is 1. The summed E-state index contributed by atoms with van der Waals surface area (Å²) in [5.74, 6) is 0.842. The summed E-state index contributed by atoms with van der Waals surface area (Å²) in [5, 5.41) is 6.80. The summed E-state index contributed by atoms with van der Waals surface area (Å²) in [6.45, 7) is 8.65. The first-order chi connectivity index (χ1) is 11.7. The largest absolute Gasteiger partial charge is 0.356 e. The van der Waals surface area contributed by atoms with Gasteiger partial charge in [0.1, 0.15) is 0 Å². The second-order valence-corrected chi connectivity index (χ2v) is 6.05. The van der Waals surface area contributed by atoms with E-state index in [9.17, 15) is 0 Å². The molecule has 128 valence electrons. The summed E-state index contributed by atoms with van der Waals surface area (Å²) in [6.07, 6.45) is 4.13. The Bertz CT molecular complexity index is 647. The SMILES string of the molecule is CCCCNC(=NCc1ccc(C)cc1)NCc1ncccc1C. The average molecular weight is 324 g/mol. The van der Waals surface area contributed by atoms with E-state index in [1.807, 2.05) is 12.3 Å². The minimum Gasteiger partial charge on any atom is -0.356 e. The predicted octanol–water partition coefficient (Wildman–Crippen LogP) is 3.73. The molecule has 24 heavy (non-hydrogen) atoms. The van der Waals surface area contributed by atoms with Gasteiger partial charge in [0.2, 0.25) is 0 Å². The lowest BCUT2D eigenvalue weighted by molar-refractivity contribution is 0.720. The summed E-state index contributed by atoms with van der Waals surface area (Å²) in [6, 6.07) is 12.6. The van der Waals surface area contributed by atoms with Crippen LogP contribution in [0, 0.1) is 13.8 Å². The van der Waals surface area contributed by atoms with Crippen molar-refractivity contribution >= 4 is 5.96 Å². The standard InChI is InChI=1S/C20H28N4/c1-4-5-12-22-20(23-14-18-10-8-16(2)9-11-18)24-15-19-17(3)7-6-13-21-19/h6-11,13H,4-5,12,14-15H2,1-3H3,(H2,22,23,24). The first kappa shape index (κ1) is 18.0. The van der Waals surface area contributed by atoms with Crippen LogP contribution in [0.5, 0.6) is 0 Å². The van der Waals surface area contributed by atoms with Gasteiger partial charge in [0, 0.05) is 12.7 Å². The number of aromatic nitrogens is 1. The number of rotatable bonds is 7. The molecule has 2 rings (SSSR count). The van der Waals surface area contributed by atoms with Crippen LogP contribution in [0.25, 0.3) is 0 Å². The molecule has 2 N–H and O–H groups in total. The van der Waals surface area contributed by atoms with Crippen molar-refractivity contribution in [1.82, 2.24) is 15.6 Å². The van der Waals surface area contributed by atoms with Gasteiger partial charge in [-0.05, 0) is 37.5 Å². The van der Waals surface area contributed by atoms with Gasteiger partial charge in [-0.2, -0.15) is 0 Å². The molecule has 0 spiro atoms. The molecule has 0 unspecified atom stereocenters. The van der Waals surface area contributed by atoms with Crippen LogP contribution in [0.1, 0.15) is 42.1 Å². The monoisotopic (exact) mass is 324 g/mol. The number of nitrogens with zero attached hydrogens (tertiary/aromatic N) is 2. The summed E-state index contributed by atoms with van der Waals surface area (Å²) in [7, 11) is 0. The van der Waals surface area contributed by atoms with Crippen molar-refractivity contribution in [3.05, 3.63) is 65.0 Å². The van der Waals surface area contributed by atoms with Crippen molar-refractivity contribution in [2.24, 2.45) is 4.99 Å². The lowest BCUT2D eigenvalue weighted by Crippen LogP contribution is -2.37. The molecule has 0 saturated carbocycles. The fourth-order valence-electron chi connectivity index (χ4n) is 2.29. The Kier molecular flexibility index (Phi) is 7.27. The van der Waals surface area contributed by atoms with Gasteiger partial charge in [-0.1, -0.05) is 49.2 Å². The van der Waals surface area contributed by atoms with E-state index in [1.54, 1.807) is 0 Å². The van der Waals surface area contributed by atoms with E-state index in [1.165, 1.54) is 16.7 Å². The number of unbranched alkanes of at least 4 members (excludes halogenated alkanes) is 1. The van der Waals surface area contributed by atoms with Crippen LogP contribution >= 0.6 is 0 Å². The minimum absolute atomic E-state index is 0.670. The van der Waals surface area contributed by atoms with E-state index < -0.39 is 0 Å². The normalized spacial score (nSPS) is 11.4. The van der Waals surface area contributed by atoms with Crippen LogP contribution in [0.15, 0.2) is 47.6 Å². The zero-order chi connectivity index (χ0) is 17.2. The topological polar surface area (TPSA) is 49.3 Å². The Balaban J connectivity index is 1.98. The molecule has 0 fully saturated rings. The van der Waals surface area contributed by atoms with Crippen LogP contribution in [-0.2, 0) is 13.1 Å². The van der Waals surface area contributed by atoms with E-state index in [-0.39, 0.29) is 0 Å². The molecule has 0 aliphatic carbocycles. The number of nitrogens with one attached hydrogen (secondary N) is 2. The highest BCUT2D eigenvalue weighted by atomic mass is 15.2. The molecule has 4 nitrogen and oxygen atoms in total. The molecule has 1 aromatic carbocycles. The number of aryl methyl sites for hydroxylation is 2. The van der Waals surface area contributed by atoms with Crippen LogP contribution in [0.3, 0.4) is 0 Å². The maximum Gasteiger partial charge on any atom is 0.191 e. The molecular weight excluding hydrogens is 296 g/mol. The highest BCUT2D eigenvalue weighted by Crippen LogP contribution is 2.05. The minimum atomic E-state index is 0.670. The second kappa shape index (κ2) is 9.71. The highest BCUT2D eigenvalue weighted by Gasteiger charge is 2.02. The quantitative estimate of drug-likeness (QED) is 0.463. The number of guanidine groups is 1. The fraction of sp³-hybridized carbons (Fsp3) is 0.400. The Morgan fingerprint density at radius 3 is 2.58 bits per heavy atom. The molecule has 4 heteroatoms. The molecule has 0 atom stereocenters. The summed E-state index contributed by atoms with van der Waals surface area (Å²) >= 11 is 0. The third-order valence-corrected chi connectivity index (χ3v) is 3.90. The summed E-state index contributed by atoms with van der Waals surface area (Å²) in [4.78, 5) is 9.14. The highest BCUT2D eigenvalue weighted by molar-refractivity contribution is 5.79. The van der Waals surface area contributed by atoms with Gasteiger partial charge in [0.05, 0.1) is 18.8 Å². The Morgan fingerprint density at radius 2 is 1.88 bits per heavy atom. The summed E-state index contributed by atoms with van der Waals surface area (Å²) in [5.41, 5.74) is 4.73. The molecule has 0 radical (unpaired) electrons. The van der Waals surface area contributed by atoms with Gasteiger partial charge < -0.3 is 10.6 Å². The molecule has 1 heterocycles. The third-order valence-electron chi connectivity index (χ3n) is 3.90. The maximum atomic E-state index is 4.71. The molecule has 1 aromatic heterocycles. The third kappa shape index (κ3) is 6.03. The smallest absolute Gasteiger partial charge is 0.191 e. The van der Waals surface area contributed by atoms with Gasteiger partial charge >= 0.3 is 0 Å². The predicted molar refractivity (Wildman–Crippen MR) is 101 cm³/mol. The van der Waals surface area contributed by atoms with E-state index in [2.05, 4.69) is 66.7 Å². The van der Waals surface area contributed by atoms with Crippen LogP contribution < -0.4 is 10.6 Å². The van der Waals surface area contributed by atoms with Crippen molar-refractivity contribution in [3.8, 4) is 0 Å². The van der Waals surface area contributed by atoms with Gasteiger partial charge in [0.15, 0.2) is 5.96 Å². The summed E-state index contributed by atoms with van der Waals surface area (Å²) < 4.78 is 0. The Hall–Kier alpha value is -2.36. The van der Waals surface area contributed by atoms with Crippen molar-refractivity contribution < 1.29 is 0 Å². The van der Waals surface area contributed by atoms with Crippen molar-refractivity contribution in [2.75, 3.05) is 6.54 Å². The second-order valence-electron chi connectivity index (χ2n) is 6.05. The lowest BCUT2D eigenvalue weighted by Gasteiger charge is -2.13.